The van der Waals surface area contributed by atoms with Gasteiger partial charge in [-0.1, -0.05) is 84.9 Å². The van der Waals surface area contributed by atoms with Crippen molar-refractivity contribution in [2.45, 2.75) is 32.1 Å². The molecule has 0 radical (unpaired) electrons. The predicted octanol–water partition coefficient (Wildman–Crippen LogP) is 6.01. The molecule has 0 fully saturated rings. The molecule has 2 nitrogen and oxygen atoms in total. The molecule has 3 rings (SSSR count). The van der Waals surface area contributed by atoms with Crippen molar-refractivity contribution in [2.75, 3.05) is 0 Å². The summed E-state index contributed by atoms with van der Waals surface area (Å²) in [4.78, 5) is 11.6. The molecule has 2 heteroatoms. The lowest BCUT2D eigenvalue weighted by Crippen LogP contribution is -2.15. The third-order valence-corrected chi connectivity index (χ3v) is 5.05. The van der Waals surface area contributed by atoms with E-state index < -0.39 is 5.97 Å². The van der Waals surface area contributed by atoms with Crippen molar-refractivity contribution in [2.24, 2.45) is 5.92 Å². The Hall–Kier alpha value is -2.87. The fourth-order valence-corrected chi connectivity index (χ4v) is 3.42. The van der Waals surface area contributed by atoms with Crippen molar-refractivity contribution in [3.8, 4) is 11.1 Å². The van der Waals surface area contributed by atoms with Gasteiger partial charge in [-0.3, -0.25) is 4.79 Å². The normalized spacial score (nSPS) is 11.9. The summed E-state index contributed by atoms with van der Waals surface area (Å²) in [6.07, 6.45) is 4.07. The molecule has 27 heavy (non-hydrogen) atoms. The van der Waals surface area contributed by atoms with E-state index in [4.69, 9.17) is 0 Å². The Morgan fingerprint density at radius 1 is 0.667 bits per heavy atom. The van der Waals surface area contributed by atoms with Crippen molar-refractivity contribution in [3.05, 3.63) is 96.1 Å². The van der Waals surface area contributed by atoms with Crippen LogP contribution < -0.4 is 0 Å². The quantitative estimate of drug-likeness (QED) is 0.508. The van der Waals surface area contributed by atoms with E-state index in [2.05, 4.69) is 48.5 Å². The number of hydrogen-bond acceptors (Lipinski definition) is 1. The summed E-state index contributed by atoms with van der Waals surface area (Å²) < 4.78 is 0. The van der Waals surface area contributed by atoms with Gasteiger partial charge in [0.1, 0.15) is 0 Å². The van der Waals surface area contributed by atoms with E-state index >= 15 is 0 Å². The number of carboxylic acids is 1. The molecule has 0 amide bonds. The molecule has 3 aromatic rings. The Balaban J connectivity index is 1.51. The summed E-state index contributed by atoms with van der Waals surface area (Å²) in [5, 5.41) is 9.54. The Morgan fingerprint density at radius 2 is 1.22 bits per heavy atom. The van der Waals surface area contributed by atoms with E-state index in [1.165, 1.54) is 22.3 Å². The van der Waals surface area contributed by atoms with Crippen molar-refractivity contribution in [1.29, 1.82) is 0 Å². The highest BCUT2D eigenvalue weighted by Crippen LogP contribution is 2.22. The summed E-state index contributed by atoms with van der Waals surface area (Å²) in [6, 6.07) is 29.0. The molecule has 0 saturated carbocycles. The average molecular weight is 358 g/mol. The minimum absolute atomic E-state index is 0.275. The van der Waals surface area contributed by atoms with Gasteiger partial charge in [0.05, 0.1) is 5.92 Å². The highest BCUT2D eigenvalue weighted by atomic mass is 16.4. The Kier molecular flexibility index (Phi) is 6.81. The van der Waals surface area contributed by atoms with Crippen molar-refractivity contribution < 1.29 is 9.90 Å². The molecular weight excluding hydrogens is 332 g/mol. The van der Waals surface area contributed by atoms with Gasteiger partial charge < -0.3 is 5.11 Å². The number of benzene rings is 3. The van der Waals surface area contributed by atoms with Crippen LogP contribution in [0, 0.1) is 5.92 Å². The molecule has 0 saturated heterocycles. The van der Waals surface area contributed by atoms with Crippen LogP contribution in [0.2, 0.25) is 0 Å². The fourth-order valence-electron chi connectivity index (χ4n) is 3.42. The second-order valence-corrected chi connectivity index (χ2v) is 7.01. The number of carbonyl (C=O) groups is 1. The minimum atomic E-state index is -0.677. The number of carboxylic acid groups (broad SMARTS) is 1. The van der Waals surface area contributed by atoms with Gasteiger partial charge in [-0.15, -0.1) is 0 Å². The molecule has 0 aliphatic carbocycles. The average Bonchev–Trinajstić information content (AvgIpc) is 2.72. The lowest BCUT2D eigenvalue weighted by atomic mass is 9.93. The molecule has 0 spiro atoms. The molecule has 0 bridgehead atoms. The number of hydrogen-bond donors (Lipinski definition) is 1. The van der Waals surface area contributed by atoms with Gasteiger partial charge in [0, 0.05) is 0 Å². The first-order valence-electron chi connectivity index (χ1n) is 9.63. The lowest BCUT2D eigenvalue weighted by Gasteiger charge is -2.12. The van der Waals surface area contributed by atoms with E-state index in [1.54, 1.807) is 0 Å². The van der Waals surface area contributed by atoms with E-state index in [9.17, 15) is 9.90 Å². The summed E-state index contributed by atoms with van der Waals surface area (Å²) in [5.74, 6) is -0.952. The first-order chi connectivity index (χ1) is 13.2. The topological polar surface area (TPSA) is 37.3 Å². The van der Waals surface area contributed by atoms with Crippen LogP contribution in [-0.2, 0) is 17.6 Å². The molecule has 0 heterocycles. The maximum Gasteiger partial charge on any atom is 0.306 e. The third kappa shape index (κ3) is 5.82. The fraction of sp³-hybridized carbons (Fsp3) is 0.240. The van der Waals surface area contributed by atoms with Crippen LogP contribution in [0.5, 0.6) is 0 Å². The van der Waals surface area contributed by atoms with Gasteiger partial charge in [-0.2, -0.15) is 0 Å². The highest BCUT2D eigenvalue weighted by molar-refractivity contribution is 5.70. The number of aryl methyl sites for hydroxylation is 2. The van der Waals surface area contributed by atoms with Crippen molar-refractivity contribution in [1.82, 2.24) is 0 Å². The number of rotatable bonds is 9. The van der Waals surface area contributed by atoms with Gasteiger partial charge in [-0.25, -0.2) is 0 Å². The van der Waals surface area contributed by atoms with Gasteiger partial charge in [0.25, 0.3) is 0 Å². The van der Waals surface area contributed by atoms with Crippen LogP contribution in [0.25, 0.3) is 11.1 Å². The zero-order valence-electron chi connectivity index (χ0n) is 15.6. The van der Waals surface area contributed by atoms with Crippen molar-refractivity contribution in [3.63, 3.8) is 0 Å². The lowest BCUT2D eigenvalue weighted by molar-refractivity contribution is -0.142. The van der Waals surface area contributed by atoms with Gasteiger partial charge in [0.15, 0.2) is 0 Å². The van der Waals surface area contributed by atoms with Crippen LogP contribution >= 0.6 is 0 Å². The highest BCUT2D eigenvalue weighted by Gasteiger charge is 2.17. The van der Waals surface area contributed by atoms with E-state index in [0.717, 1.165) is 25.7 Å². The Morgan fingerprint density at radius 3 is 1.85 bits per heavy atom. The van der Waals surface area contributed by atoms with E-state index in [-0.39, 0.29) is 5.92 Å². The van der Waals surface area contributed by atoms with E-state index in [1.807, 2.05) is 36.4 Å². The summed E-state index contributed by atoms with van der Waals surface area (Å²) in [5.41, 5.74) is 4.87. The predicted molar refractivity (Wildman–Crippen MR) is 111 cm³/mol. The zero-order valence-corrected chi connectivity index (χ0v) is 15.6. The van der Waals surface area contributed by atoms with Crippen LogP contribution in [-0.4, -0.2) is 11.1 Å². The van der Waals surface area contributed by atoms with Crippen LogP contribution in [0.1, 0.15) is 30.4 Å². The maximum absolute atomic E-state index is 11.6. The van der Waals surface area contributed by atoms with Gasteiger partial charge in [-0.05, 0) is 54.4 Å². The second kappa shape index (κ2) is 9.72. The largest absolute Gasteiger partial charge is 0.481 e. The molecule has 138 valence electrons. The second-order valence-electron chi connectivity index (χ2n) is 7.01. The van der Waals surface area contributed by atoms with Crippen LogP contribution in [0.15, 0.2) is 84.9 Å². The van der Waals surface area contributed by atoms with Crippen molar-refractivity contribution >= 4 is 5.97 Å². The SMILES string of the molecule is O=C(O)C(CCCc1ccccc1)CCc1ccc(-c2ccccc2)cc1. The maximum atomic E-state index is 11.6. The summed E-state index contributed by atoms with van der Waals surface area (Å²) in [7, 11) is 0. The standard InChI is InChI=1S/C25H26O2/c26-25(27)24(13-7-10-20-8-3-1-4-9-20)19-16-21-14-17-23(18-15-21)22-11-5-2-6-12-22/h1-6,8-9,11-12,14-15,17-18,24H,7,10,13,16,19H2,(H,26,27). The number of aliphatic carboxylic acids is 1. The Bertz CT molecular complexity index is 823. The molecular formula is C25H26O2. The van der Waals surface area contributed by atoms with Crippen LogP contribution in [0.4, 0.5) is 0 Å². The smallest absolute Gasteiger partial charge is 0.306 e. The Labute approximate surface area is 161 Å². The molecule has 1 unspecified atom stereocenters. The first-order valence-corrected chi connectivity index (χ1v) is 9.63. The monoisotopic (exact) mass is 358 g/mol. The van der Waals surface area contributed by atoms with E-state index in [0.29, 0.717) is 6.42 Å². The molecule has 0 aliphatic rings. The molecule has 0 aliphatic heterocycles. The molecule has 3 aromatic carbocycles. The molecule has 1 atom stereocenters. The third-order valence-electron chi connectivity index (χ3n) is 5.05. The molecule has 1 N–H and O–H groups in total. The van der Waals surface area contributed by atoms with Gasteiger partial charge in [0.2, 0.25) is 0 Å². The molecule has 0 aromatic heterocycles. The minimum Gasteiger partial charge on any atom is -0.481 e. The first kappa shape index (κ1) is 18.9. The summed E-state index contributed by atoms with van der Waals surface area (Å²) >= 11 is 0. The zero-order chi connectivity index (χ0) is 18.9. The summed E-state index contributed by atoms with van der Waals surface area (Å²) in [6.45, 7) is 0. The van der Waals surface area contributed by atoms with Gasteiger partial charge >= 0.3 is 5.97 Å². The van der Waals surface area contributed by atoms with Crippen LogP contribution in [0.3, 0.4) is 0 Å².